The van der Waals surface area contributed by atoms with Gasteiger partial charge in [-0.25, -0.2) is 0 Å². The second kappa shape index (κ2) is 10.9. The zero-order valence-corrected chi connectivity index (χ0v) is 23.7. The molecule has 0 amide bonds. The van der Waals surface area contributed by atoms with Gasteiger partial charge in [0.05, 0.1) is 11.7 Å². The van der Waals surface area contributed by atoms with Crippen LogP contribution in [0.4, 0.5) is 0 Å². The van der Waals surface area contributed by atoms with Crippen LogP contribution in [0.1, 0.15) is 118 Å². The van der Waals surface area contributed by atoms with Crippen LogP contribution in [0.25, 0.3) is 0 Å². The highest BCUT2D eigenvalue weighted by atomic mass is 16.3. The van der Waals surface area contributed by atoms with Gasteiger partial charge in [-0.1, -0.05) is 53.9 Å². The van der Waals surface area contributed by atoms with Gasteiger partial charge in [0.15, 0.2) is 0 Å². The van der Waals surface area contributed by atoms with E-state index < -0.39 is 5.60 Å². The highest BCUT2D eigenvalue weighted by Crippen LogP contribution is 2.69. The molecule has 4 saturated carbocycles. The van der Waals surface area contributed by atoms with Crippen molar-refractivity contribution in [1.29, 1.82) is 0 Å². The molecule has 5 N–H and O–H groups in total. The van der Waals surface area contributed by atoms with E-state index in [4.69, 9.17) is 5.73 Å². The van der Waals surface area contributed by atoms with Gasteiger partial charge >= 0.3 is 0 Å². The Bertz CT molecular complexity index is 699. The number of rotatable bonds is 10. The van der Waals surface area contributed by atoms with Crippen LogP contribution in [-0.2, 0) is 0 Å². The zero-order valence-electron chi connectivity index (χ0n) is 23.7. The van der Waals surface area contributed by atoms with E-state index in [1.165, 1.54) is 44.9 Å². The molecular weight excluding hydrogens is 432 g/mol. The standard InChI is InChI=1S/C31H58N2O2/c1-21(2)9-8-10-22(3)25-11-12-26-24-19-28(33-18-7-6-17-32)31(35)20-23(34)13-16-30(31,5)27(24)14-15-29(25,26)4/h21-28,33-35H,6-20,32H2,1-5H3/t22?,23-,24?,25+,26?,27?,28+,29+,30+,31-/m0/s1. The summed E-state index contributed by atoms with van der Waals surface area (Å²) < 4.78 is 0. The van der Waals surface area contributed by atoms with Crippen LogP contribution in [0.2, 0.25) is 0 Å². The zero-order chi connectivity index (χ0) is 25.4. The van der Waals surface area contributed by atoms with Gasteiger partial charge < -0.3 is 21.3 Å². The van der Waals surface area contributed by atoms with E-state index in [9.17, 15) is 10.2 Å². The summed E-state index contributed by atoms with van der Waals surface area (Å²) in [5, 5.41) is 26.8. The van der Waals surface area contributed by atoms with E-state index in [0.29, 0.717) is 23.7 Å². The molecule has 4 nitrogen and oxygen atoms in total. The number of aliphatic hydroxyl groups excluding tert-OH is 1. The number of hydrogen-bond donors (Lipinski definition) is 4. The van der Waals surface area contributed by atoms with Gasteiger partial charge in [0.1, 0.15) is 0 Å². The Morgan fingerprint density at radius 1 is 0.943 bits per heavy atom. The summed E-state index contributed by atoms with van der Waals surface area (Å²) in [5.74, 6) is 4.59. The Balaban J connectivity index is 1.54. The quantitative estimate of drug-likeness (QED) is 0.288. The molecule has 35 heavy (non-hydrogen) atoms. The van der Waals surface area contributed by atoms with Gasteiger partial charge in [-0.3, -0.25) is 0 Å². The van der Waals surface area contributed by atoms with E-state index in [1.54, 1.807) is 0 Å². The van der Waals surface area contributed by atoms with Crippen LogP contribution in [0.5, 0.6) is 0 Å². The summed E-state index contributed by atoms with van der Waals surface area (Å²) in [6.07, 6.45) is 14.7. The molecule has 4 rings (SSSR count). The first-order valence-electron chi connectivity index (χ1n) is 15.4. The minimum Gasteiger partial charge on any atom is -0.393 e. The average Bonchev–Trinajstić information content (AvgIpc) is 3.15. The monoisotopic (exact) mass is 490 g/mol. The van der Waals surface area contributed by atoms with Crippen LogP contribution < -0.4 is 11.1 Å². The van der Waals surface area contributed by atoms with Gasteiger partial charge in [-0.2, -0.15) is 0 Å². The molecular formula is C31H58N2O2. The van der Waals surface area contributed by atoms with E-state index in [1.807, 2.05) is 0 Å². The third-order valence-electron chi connectivity index (χ3n) is 12.1. The topological polar surface area (TPSA) is 78.5 Å². The molecule has 4 aliphatic rings. The predicted octanol–water partition coefficient (Wildman–Crippen LogP) is 5.89. The molecule has 4 heteroatoms. The Labute approximate surface area is 216 Å². The highest BCUT2D eigenvalue weighted by Gasteiger charge is 2.67. The molecule has 4 aliphatic carbocycles. The molecule has 0 aliphatic heterocycles. The van der Waals surface area contributed by atoms with E-state index in [0.717, 1.165) is 68.9 Å². The van der Waals surface area contributed by atoms with Gasteiger partial charge in [-0.05, 0) is 112 Å². The van der Waals surface area contributed by atoms with Gasteiger partial charge in [-0.15, -0.1) is 0 Å². The Hall–Kier alpha value is -0.160. The van der Waals surface area contributed by atoms with E-state index >= 15 is 0 Å². The van der Waals surface area contributed by atoms with E-state index in [-0.39, 0.29) is 17.6 Å². The molecule has 204 valence electrons. The predicted molar refractivity (Wildman–Crippen MR) is 146 cm³/mol. The van der Waals surface area contributed by atoms with Gasteiger partial charge in [0.25, 0.3) is 0 Å². The normalized spacial score (nSPS) is 46.2. The van der Waals surface area contributed by atoms with Crippen molar-refractivity contribution in [3.05, 3.63) is 0 Å². The smallest absolute Gasteiger partial charge is 0.0880 e. The second-order valence-corrected chi connectivity index (χ2v) is 14.4. The first kappa shape index (κ1) is 27.9. The second-order valence-electron chi connectivity index (χ2n) is 14.4. The average molecular weight is 491 g/mol. The lowest BCUT2D eigenvalue weighted by molar-refractivity contribution is -0.234. The fraction of sp³-hybridized carbons (Fsp3) is 1.00. The van der Waals surface area contributed by atoms with Crippen molar-refractivity contribution < 1.29 is 10.2 Å². The maximum atomic E-state index is 12.3. The van der Waals surface area contributed by atoms with Crippen LogP contribution in [0, 0.1) is 46.3 Å². The molecule has 0 radical (unpaired) electrons. The number of fused-ring (bicyclic) bond motifs is 5. The SMILES string of the molecule is CC(C)CCCC(C)[C@H]1CCC2C3C[C@@H](NCCCCN)[C@@]4(O)C[C@@H](O)CC[C@]4(C)C3CC[C@@]21C. The molecule has 4 unspecified atom stereocenters. The largest absolute Gasteiger partial charge is 0.393 e. The minimum absolute atomic E-state index is 0.0892. The minimum atomic E-state index is -0.801. The first-order valence-corrected chi connectivity index (χ1v) is 15.4. The van der Waals surface area contributed by atoms with Crippen molar-refractivity contribution in [3.8, 4) is 0 Å². The first-order chi connectivity index (χ1) is 16.6. The summed E-state index contributed by atoms with van der Waals surface area (Å²) in [7, 11) is 0. The van der Waals surface area contributed by atoms with Crippen LogP contribution in [0.3, 0.4) is 0 Å². The third kappa shape index (κ3) is 5.00. The molecule has 4 fully saturated rings. The van der Waals surface area contributed by atoms with Crippen molar-refractivity contribution in [2.24, 2.45) is 52.1 Å². The molecule has 0 bridgehead atoms. The van der Waals surface area contributed by atoms with Crippen molar-refractivity contribution in [2.45, 2.75) is 136 Å². The van der Waals surface area contributed by atoms with Crippen molar-refractivity contribution in [3.63, 3.8) is 0 Å². The highest BCUT2D eigenvalue weighted by molar-refractivity contribution is 5.18. The molecule has 0 heterocycles. The van der Waals surface area contributed by atoms with Gasteiger partial charge in [0.2, 0.25) is 0 Å². The van der Waals surface area contributed by atoms with Crippen LogP contribution >= 0.6 is 0 Å². The van der Waals surface area contributed by atoms with Gasteiger partial charge in [0, 0.05) is 17.9 Å². The maximum Gasteiger partial charge on any atom is 0.0880 e. The molecule has 10 atom stereocenters. The Morgan fingerprint density at radius 2 is 1.71 bits per heavy atom. The lowest BCUT2D eigenvalue weighted by Crippen LogP contribution is -2.71. The number of nitrogens with two attached hydrogens (primary N) is 1. The lowest BCUT2D eigenvalue weighted by atomic mass is 9.42. The fourth-order valence-corrected chi connectivity index (χ4v) is 10.1. The van der Waals surface area contributed by atoms with Crippen molar-refractivity contribution in [2.75, 3.05) is 13.1 Å². The molecule has 0 saturated heterocycles. The Kier molecular flexibility index (Phi) is 8.68. The molecule has 0 aromatic heterocycles. The fourth-order valence-electron chi connectivity index (χ4n) is 10.1. The van der Waals surface area contributed by atoms with Crippen molar-refractivity contribution in [1.82, 2.24) is 5.32 Å². The lowest BCUT2D eigenvalue weighted by Gasteiger charge is -2.66. The molecule has 0 aromatic rings. The number of aliphatic hydroxyl groups is 2. The van der Waals surface area contributed by atoms with Crippen molar-refractivity contribution >= 4 is 0 Å². The van der Waals surface area contributed by atoms with E-state index in [2.05, 4.69) is 39.9 Å². The molecule has 0 spiro atoms. The Morgan fingerprint density at radius 3 is 2.43 bits per heavy atom. The van der Waals surface area contributed by atoms with Crippen LogP contribution in [0.15, 0.2) is 0 Å². The summed E-state index contributed by atoms with van der Waals surface area (Å²) in [6.45, 7) is 14.0. The van der Waals surface area contributed by atoms with Crippen LogP contribution in [-0.4, -0.2) is 41.0 Å². The summed E-state index contributed by atoms with van der Waals surface area (Å²) in [4.78, 5) is 0. The number of unbranched alkanes of at least 4 members (excludes halogenated alkanes) is 1. The summed E-state index contributed by atoms with van der Waals surface area (Å²) >= 11 is 0. The summed E-state index contributed by atoms with van der Waals surface area (Å²) in [6, 6.07) is 0.0892. The number of hydrogen-bond acceptors (Lipinski definition) is 4. The summed E-state index contributed by atoms with van der Waals surface area (Å²) in [5.41, 5.74) is 5.32. The third-order valence-corrected chi connectivity index (χ3v) is 12.1. The number of nitrogens with one attached hydrogen (secondary N) is 1. The maximum absolute atomic E-state index is 12.3. The molecule has 0 aromatic carbocycles.